The van der Waals surface area contributed by atoms with Gasteiger partial charge in [0.2, 0.25) is 0 Å². The predicted molar refractivity (Wildman–Crippen MR) is 120 cm³/mol. The first kappa shape index (κ1) is 22.2. The first-order chi connectivity index (χ1) is 15.4. The molecule has 0 unspecified atom stereocenters. The van der Waals surface area contributed by atoms with E-state index in [1.54, 1.807) is 35.7 Å². The largest absolute Gasteiger partial charge is 0.465 e. The number of nitrogens with zero attached hydrogens (tertiary/aromatic N) is 2. The lowest BCUT2D eigenvalue weighted by Gasteiger charge is -2.47. The smallest absolute Gasteiger partial charge is 0.338 e. The molecule has 2 saturated heterocycles. The molecule has 1 aromatic carbocycles. The number of ketones is 1. The second-order valence-electron chi connectivity index (χ2n) is 8.30. The minimum Gasteiger partial charge on any atom is -0.465 e. The van der Waals surface area contributed by atoms with Crippen LogP contribution in [0.25, 0.3) is 0 Å². The van der Waals surface area contributed by atoms with Crippen LogP contribution in [0.1, 0.15) is 66.9 Å². The molecule has 2 atom stereocenters. The fourth-order valence-electron chi connectivity index (χ4n) is 4.77. The highest BCUT2D eigenvalue weighted by Gasteiger charge is 2.40. The first-order valence-electron chi connectivity index (χ1n) is 10.8. The van der Waals surface area contributed by atoms with Crippen LogP contribution in [0.2, 0.25) is 0 Å². The highest BCUT2D eigenvalue weighted by molar-refractivity contribution is 7.12. The number of hydrogen-bond donors (Lipinski definition) is 0. The van der Waals surface area contributed by atoms with E-state index in [4.69, 9.17) is 4.74 Å². The van der Waals surface area contributed by atoms with Crippen LogP contribution >= 0.6 is 11.3 Å². The van der Waals surface area contributed by atoms with Gasteiger partial charge in [0.15, 0.2) is 5.78 Å². The predicted octanol–water partition coefficient (Wildman–Crippen LogP) is 3.50. The number of carbonyl (C=O) groups is 4. The van der Waals surface area contributed by atoms with Crippen LogP contribution in [0.15, 0.2) is 35.7 Å². The van der Waals surface area contributed by atoms with E-state index in [9.17, 15) is 19.2 Å². The summed E-state index contributed by atoms with van der Waals surface area (Å²) < 4.78 is 4.85. The standard InChI is InChI=1S/C24H26N2O5S/c1-15(27)21-12-17(14-32-21)22(28)25-11-9-20-16(13-25)6-5-10-26(20)23(29)18-7-3-4-8-19(18)24(30)31-2/h3-4,7-8,12,14,16,20H,5-6,9-11,13H2,1-2H3/t16-,20+/m1/s1. The maximum Gasteiger partial charge on any atom is 0.338 e. The number of methoxy groups -OCH3 is 1. The van der Waals surface area contributed by atoms with Crippen molar-refractivity contribution in [1.82, 2.24) is 9.80 Å². The second-order valence-corrected chi connectivity index (χ2v) is 9.21. The Morgan fingerprint density at radius 3 is 2.47 bits per heavy atom. The highest BCUT2D eigenvalue weighted by Crippen LogP contribution is 2.33. The molecule has 1 aromatic heterocycles. The van der Waals surface area contributed by atoms with E-state index >= 15 is 0 Å². The third kappa shape index (κ3) is 4.19. The molecule has 0 spiro atoms. The molecule has 2 amide bonds. The van der Waals surface area contributed by atoms with Gasteiger partial charge in [0.1, 0.15) is 0 Å². The Morgan fingerprint density at radius 1 is 1.03 bits per heavy atom. The lowest BCUT2D eigenvalue weighted by atomic mass is 9.83. The molecule has 0 saturated carbocycles. The summed E-state index contributed by atoms with van der Waals surface area (Å²) in [5, 5.41) is 1.74. The van der Waals surface area contributed by atoms with E-state index in [2.05, 4.69) is 0 Å². The van der Waals surface area contributed by atoms with Gasteiger partial charge in [-0.2, -0.15) is 0 Å². The quantitative estimate of drug-likeness (QED) is 0.522. The van der Waals surface area contributed by atoms with E-state index in [1.807, 2.05) is 9.80 Å². The monoisotopic (exact) mass is 454 g/mol. The fraction of sp³-hybridized carbons (Fsp3) is 0.417. The lowest BCUT2D eigenvalue weighted by Crippen LogP contribution is -2.56. The summed E-state index contributed by atoms with van der Waals surface area (Å²) in [6.45, 7) is 3.26. The van der Waals surface area contributed by atoms with Crippen LogP contribution in [0.5, 0.6) is 0 Å². The summed E-state index contributed by atoms with van der Waals surface area (Å²) >= 11 is 1.29. The first-order valence-corrected chi connectivity index (χ1v) is 11.7. The Bertz CT molecular complexity index is 1060. The third-order valence-corrected chi connectivity index (χ3v) is 7.40. The van der Waals surface area contributed by atoms with E-state index in [1.165, 1.54) is 25.4 Å². The van der Waals surface area contributed by atoms with Crippen LogP contribution in [0.4, 0.5) is 0 Å². The summed E-state index contributed by atoms with van der Waals surface area (Å²) in [5.41, 5.74) is 1.18. The van der Waals surface area contributed by atoms with Crippen molar-refractivity contribution in [2.24, 2.45) is 5.92 Å². The van der Waals surface area contributed by atoms with E-state index in [0.29, 0.717) is 42.1 Å². The lowest BCUT2D eigenvalue weighted by molar-refractivity contribution is 0.0194. The average molecular weight is 455 g/mol. The van der Waals surface area contributed by atoms with Crippen molar-refractivity contribution >= 4 is 34.9 Å². The molecule has 2 aliphatic rings. The van der Waals surface area contributed by atoms with Crippen LogP contribution in [-0.4, -0.2) is 66.2 Å². The van der Waals surface area contributed by atoms with Gasteiger partial charge >= 0.3 is 5.97 Å². The molecule has 0 bridgehead atoms. The number of likely N-dealkylation sites (tertiary alicyclic amines) is 2. The normalized spacial score (nSPS) is 20.4. The molecule has 7 nitrogen and oxygen atoms in total. The van der Waals surface area contributed by atoms with Gasteiger partial charge in [0.05, 0.1) is 28.7 Å². The molecule has 32 heavy (non-hydrogen) atoms. The van der Waals surface area contributed by atoms with Gasteiger partial charge in [-0.1, -0.05) is 12.1 Å². The Balaban J connectivity index is 1.50. The van der Waals surface area contributed by atoms with Gasteiger partial charge in [0, 0.05) is 31.1 Å². The van der Waals surface area contributed by atoms with Crippen LogP contribution in [-0.2, 0) is 4.74 Å². The van der Waals surface area contributed by atoms with Gasteiger partial charge in [-0.15, -0.1) is 11.3 Å². The van der Waals surface area contributed by atoms with E-state index in [0.717, 1.165) is 12.8 Å². The zero-order valence-electron chi connectivity index (χ0n) is 18.2. The molecule has 2 aliphatic heterocycles. The summed E-state index contributed by atoms with van der Waals surface area (Å²) in [5.74, 6) is -0.609. The number of esters is 1. The third-order valence-electron chi connectivity index (χ3n) is 6.37. The van der Waals surface area contributed by atoms with Gasteiger partial charge in [-0.3, -0.25) is 14.4 Å². The Morgan fingerprint density at radius 2 is 1.78 bits per heavy atom. The number of benzene rings is 1. The number of piperidine rings is 2. The van der Waals surface area contributed by atoms with Crippen molar-refractivity contribution in [2.75, 3.05) is 26.7 Å². The van der Waals surface area contributed by atoms with Crippen molar-refractivity contribution in [3.05, 3.63) is 57.3 Å². The number of fused-ring (bicyclic) bond motifs is 1. The molecule has 8 heteroatoms. The molecule has 0 N–H and O–H groups in total. The minimum atomic E-state index is -0.524. The van der Waals surface area contributed by atoms with Gasteiger partial charge in [0.25, 0.3) is 11.8 Å². The van der Waals surface area contributed by atoms with Crippen LogP contribution in [0, 0.1) is 5.92 Å². The SMILES string of the molecule is COC(=O)c1ccccc1C(=O)N1CCC[C@@H]2CN(C(=O)c3csc(C(C)=O)c3)CC[C@@H]21. The zero-order valence-corrected chi connectivity index (χ0v) is 19.0. The molecule has 0 aliphatic carbocycles. The number of amides is 2. The van der Waals surface area contributed by atoms with Crippen molar-refractivity contribution in [3.63, 3.8) is 0 Å². The van der Waals surface area contributed by atoms with Gasteiger partial charge in [-0.05, 0) is 50.3 Å². The van der Waals surface area contributed by atoms with Crippen molar-refractivity contribution in [1.29, 1.82) is 0 Å². The van der Waals surface area contributed by atoms with Crippen molar-refractivity contribution < 1.29 is 23.9 Å². The number of thiophene rings is 1. The minimum absolute atomic E-state index is 0.0289. The number of rotatable bonds is 4. The Hall–Kier alpha value is -3.00. The average Bonchev–Trinajstić information content (AvgIpc) is 3.32. The zero-order chi connectivity index (χ0) is 22.8. The van der Waals surface area contributed by atoms with Crippen LogP contribution < -0.4 is 0 Å². The number of hydrogen-bond acceptors (Lipinski definition) is 6. The van der Waals surface area contributed by atoms with Crippen molar-refractivity contribution in [3.8, 4) is 0 Å². The summed E-state index contributed by atoms with van der Waals surface area (Å²) in [6.07, 6.45) is 2.48. The molecule has 0 radical (unpaired) electrons. The Labute approximate surface area is 191 Å². The second kappa shape index (κ2) is 9.24. The highest BCUT2D eigenvalue weighted by atomic mass is 32.1. The molecular formula is C24H26N2O5S. The summed E-state index contributed by atoms with van der Waals surface area (Å²) in [7, 11) is 1.31. The Kier molecular flexibility index (Phi) is 6.41. The molecule has 2 aromatic rings. The fourth-order valence-corrected chi connectivity index (χ4v) is 5.55. The van der Waals surface area contributed by atoms with E-state index in [-0.39, 0.29) is 35.1 Å². The molecule has 168 valence electrons. The number of carbonyl (C=O) groups excluding carboxylic acids is 4. The number of Topliss-reactive ketones (excluding diaryl/α,β-unsaturated/α-hetero) is 1. The maximum atomic E-state index is 13.4. The topological polar surface area (TPSA) is 84.0 Å². The molecular weight excluding hydrogens is 428 g/mol. The van der Waals surface area contributed by atoms with Gasteiger partial charge in [-0.25, -0.2) is 4.79 Å². The van der Waals surface area contributed by atoms with E-state index < -0.39 is 5.97 Å². The molecule has 3 heterocycles. The van der Waals surface area contributed by atoms with Crippen molar-refractivity contribution in [2.45, 2.75) is 32.2 Å². The van der Waals surface area contributed by atoms with Gasteiger partial charge < -0.3 is 14.5 Å². The van der Waals surface area contributed by atoms with Crippen LogP contribution in [0.3, 0.4) is 0 Å². The number of ether oxygens (including phenoxy) is 1. The summed E-state index contributed by atoms with van der Waals surface area (Å²) in [6, 6.07) is 8.44. The molecule has 2 fully saturated rings. The maximum absolute atomic E-state index is 13.4. The summed E-state index contributed by atoms with van der Waals surface area (Å²) in [4.78, 5) is 54.4. The molecule has 4 rings (SSSR count).